The van der Waals surface area contributed by atoms with Gasteiger partial charge in [0.1, 0.15) is 0 Å². The monoisotopic (exact) mass is 241 g/mol. The van der Waals surface area contributed by atoms with Gasteiger partial charge in [0.25, 0.3) is 0 Å². The lowest BCUT2D eigenvalue weighted by atomic mass is 9.97. The Balaban J connectivity index is 0.00000128. The largest absolute Gasteiger partial charge is 0.478 e. The zero-order valence-corrected chi connectivity index (χ0v) is 9.80. The zero-order chi connectivity index (χ0) is 10.7. The molecule has 1 aliphatic heterocycles. The van der Waals surface area contributed by atoms with Crippen molar-refractivity contribution >= 4 is 18.4 Å². The fourth-order valence-electron chi connectivity index (χ4n) is 1.99. The van der Waals surface area contributed by atoms with Crippen LogP contribution in [0.3, 0.4) is 0 Å². The van der Waals surface area contributed by atoms with Crippen LogP contribution in [-0.4, -0.2) is 17.6 Å². The van der Waals surface area contributed by atoms with E-state index >= 15 is 0 Å². The Morgan fingerprint density at radius 1 is 1.25 bits per heavy atom. The first kappa shape index (κ1) is 13.0. The fourth-order valence-corrected chi connectivity index (χ4v) is 1.99. The second-order valence-corrected chi connectivity index (χ2v) is 3.93. The molecular formula is C12H16ClNO2. The molecule has 1 unspecified atom stereocenters. The minimum atomic E-state index is -0.863. The lowest BCUT2D eigenvalue weighted by Crippen LogP contribution is -2.26. The lowest BCUT2D eigenvalue weighted by molar-refractivity contribution is 0.0697. The summed E-state index contributed by atoms with van der Waals surface area (Å²) in [6.07, 6.45) is 3.63. The first-order chi connectivity index (χ1) is 7.27. The number of hydrogen-bond donors (Lipinski definition) is 2. The zero-order valence-electron chi connectivity index (χ0n) is 8.98. The fraction of sp³-hybridized carbons (Fsp3) is 0.417. The Labute approximate surface area is 101 Å². The van der Waals surface area contributed by atoms with E-state index in [0.717, 1.165) is 13.0 Å². The van der Waals surface area contributed by atoms with Crippen LogP contribution in [0.25, 0.3) is 0 Å². The van der Waals surface area contributed by atoms with Gasteiger partial charge in [0.2, 0.25) is 0 Å². The van der Waals surface area contributed by atoms with Gasteiger partial charge in [-0.05, 0) is 37.1 Å². The smallest absolute Gasteiger partial charge is 0.335 e. The van der Waals surface area contributed by atoms with Crippen molar-refractivity contribution in [3.63, 3.8) is 0 Å². The summed E-state index contributed by atoms with van der Waals surface area (Å²) in [5.41, 5.74) is 1.55. The molecule has 0 saturated carbocycles. The molecule has 0 amide bonds. The molecule has 16 heavy (non-hydrogen) atoms. The van der Waals surface area contributed by atoms with Gasteiger partial charge in [0.15, 0.2) is 0 Å². The number of carbonyl (C=O) groups is 1. The molecule has 1 fully saturated rings. The van der Waals surface area contributed by atoms with Crippen molar-refractivity contribution in [2.75, 3.05) is 6.54 Å². The van der Waals surface area contributed by atoms with Crippen molar-refractivity contribution < 1.29 is 9.90 Å². The van der Waals surface area contributed by atoms with Crippen molar-refractivity contribution in [2.24, 2.45) is 0 Å². The number of nitrogens with one attached hydrogen (secondary N) is 1. The lowest BCUT2D eigenvalue weighted by Gasteiger charge is -2.23. The summed E-state index contributed by atoms with van der Waals surface area (Å²) in [6, 6.07) is 7.57. The molecular weight excluding hydrogens is 226 g/mol. The third-order valence-corrected chi connectivity index (χ3v) is 2.87. The first-order valence-corrected chi connectivity index (χ1v) is 5.34. The Hall–Kier alpha value is -1.06. The van der Waals surface area contributed by atoms with Gasteiger partial charge in [-0.2, -0.15) is 0 Å². The Bertz CT molecular complexity index is 345. The van der Waals surface area contributed by atoms with E-state index < -0.39 is 5.97 Å². The third kappa shape index (κ3) is 2.97. The summed E-state index contributed by atoms with van der Waals surface area (Å²) in [7, 11) is 0. The second-order valence-electron chi connectivity index (χ2n) is 3.93. The van der Waals surface area contributed by atoms with Gasteiger partial charge in [-0.25, -0.2) is 4.79 Å². The van der Waals surface area contributed by atoms with Crippen LogP contribution in [0.1, 0.15) is 41.2 Å². The molecule has 0 bridgehead atoms. The number of rotatable bonds is 2. The molecule has 0 aromatic heterocycles. The number of halogens is 1. The number of piperidine rings is 1. The molecule has 4 heteroatoms. The Morgan fingerprint density at radius 2 is 1.94 bits per heavy atom. The number of carboxylic acids is 1. The van der Waals surface area contributed by atoms with E-state index in [-0.39, 0.29) is 12.4 Å². The highest BCUT2D eigenvalue weighted by atomic mass is 35.5. The maximum atomic E-state index is 10.7. The van der Waals surface area contributed by atoms with E-state index in [9.17, 15) is 4.79 Å². The topological polar surface area (TPSA) is 49.3 Å². The van der Waals surface area contributed by atoms with Crippen LogP contribution in [0, 0.1) is 0 Å². The summed E-state index contributed by atoms with van der Waals surface area (Å²) in [5.74, 6) is -0.863. The summed E-state index contributed by atoms with van der Waals surface area (Å²) in [5, 5.41) is 12.2. The minimum Gasteiger partial charge on any atom is -0.478 e. The van der Waals surface area contributed by atoms with E-state index in [4.69, 9.17) is 5.11 Å². The molecule has 1 heterocycles. The maximum absolute atomic E-state index is 10.7. The summed E-state index contributed by atoms with van der Waals surface area (Å²) >= 11 is 0. The predicted molar refractivity (Wildman–Crippen MR) is 65.2 cm³/mol. The van der Waals surface area contributed by atoms with Crippen LogP contribution in [0.2, 0.25) is 0 Å². The van der Waals surface area contributed by atoms with Crippen LogP contribution in [0.4, 0.5) is 0 Å². The molecule has 1 aromatic rings. The highest BCUT2D eigenvalue weighted by Gasteiger charge is 2.14. The first-order valence-electron chi connectivity index (χ1n) is 5.34. The quantitative estimate of drug-likeness (QED) is 0.837. The van der Waals surface area contributed by atoms with Crippen LogP contribution in [-0.2, 0) is 0 Å². The highest BCUT2D eigenvalue weighted by molar-refractivity contribution is 5.87. The number of benzene rings is 1. The molecule has 0 spiro atoms. The van der Waals surface area contributed by atoms with E-state index in [1.165, 1.54) is 18.4 Å². The molecule has 1 saturated heterocycles. The average Bonchev–Trinajstić information content (AvgIpc) is 2.30. The van der Waals surface area contributed by atoms with Crippen LogP contribution in [0.5, 0.6) is 0 Å². The molecule has 1 aliphatic rings. The van der Waals surface area contributed by atoms with Crippen molar-refractivity contribution in [3.05, 3.63) is 35.4 Å². The number of hydrogen-bond acceptors (Lipinski definition) is 2. The minimum absolute atomic E-state index is 0. The van der Waals surface area contributed by atoms with Crippen molar-refractivity contribution in [1.29, 1.82) is 0 Å². The van der Waals surface area contributed by atoms with Crippen molar-refractivity contribution in [3.8, 4) is 0 Å². The number of carboxylic acid groups (broad SMARTS) is 1. The summed E-state index contributed by atoms with van der Waals surface area (Å²) in [6.45, 7) is 1.06. The standard InChI is InChI=1S/C12H15NO2.ClH/c14-12(15)10-6-4-9(5-7-10)11-3-1-2-8-13-11;/h4-7,11,13H,1-3,8H2,(H,14,15);1H. The predicted octanol–water partition coefficient (Wildman–Crippen LogP) is 2.62. The van der Waals surface area contributed by atoms with E-state index in [1.54, 1.807) is 12.1 Å². The normalized spacial score (nSPS) is 19.9. The van der Waals surface area contributed by atoms with Gasteiger partial charge in [-0.1, -0.05) is 18.6 Å². The molecule has 1 atom stereocenters. The van der Waals surface area contributed by atoms with E-state index in [0.29, 0.717) is 11.6 Å². The van der Waals surface area contributed by atoms with Gasteiger partial charge in [0.05, 0.1) is 5.56 Å². The second kappa shape index (κ2) is 5.87. The molecule has 0 radical (unpaired) electrons. The van der Waals surface area contributed by atoms with Crippen LogP contribution in [0.15, 0.2) is 24.3 Å². The molecule has 2 N–H and O–H groups in total. The van der Waals surface area contributed by atoms with E-state index in [1.807, 2.05) is 12.1 Å². The van der Waals surface area contributed by atoms with E-state index in [2.05, 4.69) is 5.32 Å². The van der Waals surface area contributed by atoms with Crippen LogP contribution >= 0.6 is 12.4 Å². The van der Waals surface area contributed by atoms with Gasteiger partial charge >= 0.3 is 5.97 Å². The summed E-state index contributed by atoms with van der Waals surface area (Å²) < 4.78 is 0. The SMILES string of the molecule is Cl.O=C(O)c1ccc(C2CCCCN2)cc1. The third-order valence-electron chi connectivity index (χ3n) is 2.87. The van der Waals surface area contributed by atoms with Gasteiger partial charge in [-0.3, -0.25) is 0 Å². The molecule has 1 aromatic carbocycles. The number of aromatic carboxylic acids is 1. The molecule has 2 rings (SSSR count). The van der Waals surface area contributed by atoms with Gasteiger partial charge < -0.3 is 10.4 Å². The summed E-state index contributed by atoms with van der Waals surface area (Å²) in [4.78, 5) is 10.7. The molecule has 0 aliphatic carbocycles. The van der Waals surface area contributed by atoms with Crippen molar-refractivity contribution in [2.45, 2.75) is 25.3 Å². The average molecular weight is 242 g/mol. The van der Waals surface area contributed by atoms with Crippen molar-refractivity contribution in [1.82, 2.24) is 5.32 Å². The molecule has 3 nitrogen and oxygen atoms in total. The Morgan fingerprint density at radius 3 is 2.44 bits per heavy atom. The van der Waals surface area contributed by atoms with Crippen LogP contribution < -0.4 is 5.32 Å². The molecule has 88 valence electrons. The van der Waals surface area contributed by atoms with Gasteiger partial charge in [-0.15, -0.1) is 12.4 Å². The maximum Gasteiger partial charge on any atom is 0.335 e. The Kier molecular flexibility index (Phi) is 4.77. The van der Waals surface area contributed by atoms with Gasteiger partial charge in [0, 0.05) is 6.04 Å². The highest BCUT2D eigenvalue weighted by Crippen LogP contribution is 2.22.